The number of hydrogen-bond donors (Lipinski definition) is 0. The summed E-state index contributed by atoms with van der Waals surface area (Å²) in [5.74, 6) is 0.602. The molecule has 2 aromatic rings. The lowest BCUT2D eigenvalue weighted by molar-refractivity contribution is 0.103. The van der Waals surface area contributed by atoms with Gasteiger partial charge in [-0.15, -0.1) is 11.8 Å². The van der Waals surface area contributed by atoms with Crippen molar-refractivity contribution in [3.63, 3.8) is 0 Å². The fourth-order valence-corrected chi connectivity index (χ4v) is 6.04. The Hall–Kier alpha value is -1.80. The predicted octanol–water partition coefficient (Wildman–Crippen LogP) is 4.25. The number of hydrogen-bond acceptors (Lipinski definition) is 6. The molecule has 0 spiro atoms. The van der Waals surface area contributed by atoms with Crippen LogP contribution in [0.1, 0.15) is 66.7 Å². The summed E-state index contributed by atoms with van der Waals surface area (Å²) in [5.41, 5.74) is 3.95. The largest absolute Gasteiger partial charge is 0.361 e. The van der Waals surface area contributed by atoms with Crippen LogP contribution < -0.4 is 4.18 Å². The van der Waals surface area contributed by atoms with Crippen molar-refractivity contribution in [3.8, 4) is 5.88 Å². The molecule has 3 rings (SSSR count). The zero-order chi connectivity index (χ0) is 21.6. The molecule has 158 valence electrons. The van der Waals surface area contributed by atoms with Gasteiger partial charge >= 0.3 is 10.1 Å². The molecule has 1 aliphatic heterocycles. The molecule has 1 aromatic carbocycles. The van der Waals surface area contributed by atoms with E-state index in [-0.39, 0.29) is 28.4 Å². The maximum Gasteiger partial charge on any atom is 0.310 e. The third-order valence-electron chi connectivity index (χ3n) is 5.51. The van der Waals surface area contributed by atoms with Gasteiger partial charge in [-0.3, -0.25) is 4.79 Å². The summed E-state index contributed by atoms with van der Waals surface area (Å²) in [4.78, 5) is 14.8. The van der Waals surface area contributed by atoms with E-state index in [0.29, 0.717) is 12.1 Å². The van der Waals surface area contributed by atoms with Gasteiger partial charge in [-0.2, -0.15) is 13.5 Å². The van der Waals surface area contributed by atoms with Gasteiger partial charge in [-0.25, -0.2) is 4.68 Å². The van der Waals surface area contributed by atoms with E-state index in [1.807, 2.05) is 38.6 Å². The monoisotopic (exact) mass is 436 g/mol. The molecular formula is C21H28N2O4S2. The van der Waals surface area contributed by atoms with E-state index in [2.05, 4.69) is 18.9 Å². The van der Waals surface area contributed by atoms with E-state index < -0.39 is 10.1 Å². The van der Waals surface area contributed by atoms with Crippen molar-refractivity contribution in [2.45, 2.75) is 64.8 Å². The molecular weight excluding hydrogens is 408 g/mol. The Bertz CT molecular complexity index is 1070. The van der Waals surface area contributed by atoms with E-state index in [4.69, 9.17) is 4.18 Å². The Kier molecular flexibility index (Phi) is 5.89. The molecule has 0 radical (unpaired) electrons. The Balaban J connectivity index is 2.16. The number of aryl methyl sites for hydroxylation is 2. The summed E-state index contributed by atoms with van der Waals surface area (Å²) >= 11 is 1.84. The van der Waals surface area contributed by atoms with Crippen molar-refractivity contribution in [1.29, 1.82) is 0 Å². The van der Waals surface area contributed by atoms with E-state index in [1.54, 1.807) is 0 Å². The Morgan fingerprint density at radius 1 is 1.28 bits per heavy atom. The van der Waals surface area contributed by atoms with E-state index >= 15 is 0 Å². The summed E-state index contributed by atoms with van der Waals surface area (Å²) in [7, 11) is -3.78. The second kappa shape index (κ2) is 7.80. The summed E-state index contributed by atoms with van der Waals surface area (Å²) in [6.45, 7) is 12.1. The van der Waals surface area contributed by atoms with Crippen LogP contribution in [0, 0.1) is 13.8 Å². The number of benzene rings is 1. The van der Waals surface area contributed by atoms with Gasteiger partial charge in [0, 0.05) is 17.0 Å². The van der Waals surface area contributed by atoms with Gasteiger partial charge in [0.15, 0.2) is 5.78 Å². The summed E-state index contributed by atoms with van der Waals surface area (Å²) < 4.78 is 30.8. The first kappa shape index (κ1) is 21.9. The van der Waals surface area contributed by atoms with Crippen LogP contribution in [-0.2, 0) is 22.1 Å². The highest BCUT2D eigenvalue weighted by Crippen LogP contribution is 2.46. The molecule has 0 bridgehead atoms. The number of carbonyl (C=O) groups excluding carboxylic acids is 1. The first-order valence-corrected chi connectivity index (χ1v) is 12.4. The third kappa shape index (κ3) is 3.97. The second-order valence-electron chi connectivity index (χ2n) is 7.99. The molecule has 0 saturated heterocycles. The Morgan fingerprint density at radius 2 is 1.97 bits per heavy atom. The van der Waals surface area contributed by atoms with Gasteiger partial charge in [-0.1, -0.05) is 13.8 Å². The molecule has 1 aliphatic rings. The van der Waals surface area contributed by atoms with Gasteiger partial charge in [0.2, 0.25) is 5.88 Å². The van der Waals surface area contributed by atoms with Gasteiger partial charge in [0.1, 0.15) is 5.56 Å². The summed E-state index contributed by atoms with van der Waals surface area (Å²) in [6, 6.07) is 1.91. The molecule has 29 heavy (non-hydrogen) atoms. The predicted molar refractivity (Wildman–Crippen MR) is 116 cm³/mol. The zero-order valence-electron chi connectivity index (χ0n) is 17.8. The maximum atomic E-state index is 13.5. The van der Waals surface area contributed by atoms with Crippen molar-refractivity contribution in [2.75, 3.05) is 11.5 Å². The van der Waals surface area contributed by atoms with Gasteiger partial charge in [-0.05, 0) is 68.0 Å². The maximum absolute atomic E-state index is 13.5. The number of nitrogens with zero attached hydrogens (tertiary/aromatic N) is 2. The topological polar surface area (TPSA) is 78.3 Å². The van der Waals surface area contributed by atoms with Crippen molar-refractivity contribution >= 4 is 27.7 Å². The molecule has 1 aromatic heterocycles. The van der Waals surface area contributed by atoms with Gasteiger partial charge in [0.05, 0.1) is 11.9 Å². The van der Waals surface area contributed by atoms with Crippen molar-refractivity contribution in [2.24, 2.45) is 0 Å². The lowest BCUT2D eigenvalue weighted by Gasteiger charge is -2.35. The second-order valence-corrected chi connectivity index (χ2v) is 11.0. The number of aromatic nitrogens is 2. The minimum atomic E-state index is -3.78. The van der Waals surface area contributed by atoms with E-state index in [0.717, 1.165) is 23.3 Å². The fourth-order valence-electron chi connectivity index (χ4n) is 3.83. The van der Waals surface area contributed by atoms with Crippen LogP contribution in [0.3, 0.4) is 0 Å². The lowest BCUT2D eigenvalue weighted by atomic mass is 9.77. The number of rotatable bonds is 6. The first-order chi connectivity index (χ1) is 13.5. The minimum Gasteiger partial charge on any atom is -0.361 e. The zero-order valence-corrected chi connectivity index (χ0v) is 19.5. The smallest absolute Gasteiger partial charge is 0.310 e. The molecule has 0 unspecified atom stereocenters. The fraction of sp³-hybridized carbons (Fsp3) is 0.524. The van der Waals surface area contributed by atoms with Crippen LogP contribution in [0.2, 0.25) is 0 Å². The molecule has 0 saturated carbocycles. The van der Waals surface area contributed by atoms with Crippen LogP contribution in [0.25, 0.3) is 0 Å². The third-order valence-corrected chi connectivity index (χ3v) is 7.86. The quantitative estimate of drug-likeness (QED) is 0.497. The standard InChI is InChI=1S/C21H28N2O4S2/c1-7-23-20(27-29(25,26)8-2)16(12-22-23)18(24)15-11-13(3)19-17(14(15)4)21(5,6)9-10-28-19/h11-12H,7-10H2,1-6H3. The van der Waals surface area contributed by atoms with Crippen LogP contribution in [0.5, 0.6) is 5.88 Å². The highest BCUT2D eigenvalue weighted by Gasteiger charge is 2.34. The Labute approximate surface area is 177 Å². The normalized spacial score (nSPS) is 15.8. The van der Waals surface area contributed by atoms with E-state index in [1.165, 1.54) is 28.3 Å². The molecule has 8 heteroatoms. The van der Waals surface area contributed by atoms with Crippen LogP contribution >= 0.6 is 11.8 Å². The number of carbonyl (C=O) groups is 1. The van der Waals surface area contributed by atoms with Crippen LogP contribution in [-0.4, -0.2) is 35.5 Å². The van der Waals surface area contributed by atoms with E-state index in [9.17, 15) is 13.2 Å². The molecule has 0 N–H and O–H groups in total. The molecule has 0 atom stereocenters. The molecule has 0 amide bonds. The minimum absolute atomic E-state index is 0.0113. The summed E-state index contributed by atoms with van der Waals surface area (Å²) in [6.07, 6.45) is 2.44. The number of fused-ring (bicyclic) bond motifs is 1. The SMILES string of the molecule is CCn1ncc(C(=O)c2cc(C)c3c(c2C)C(C)(C)CCS3)c1OS(=O)(=O)CC. The molecule has 0 fully saturated rings. The highest BCUT2D eigenvalue weighted by atomic mass is 32.2. The van der Waals surface area contributed by atoms with Crippen molar-refractivity contribution < 1.29 is 17.4 Å². The summed E-state index contributed by atoms with van der Waals surface area (Å²) in [5, 5.41) is 4.17. The number of ketones is 1. The first-order valence-electron chi connectivity index (χ1n) is 9.82. The average molecular weight is 437 g/mol. The van der Waals surface area contributed by atoms with Crippen LogP contribution in [0.15, 0.2) is 17.2 Å². The van der Waals surface area contributed by atoms with Gasteiger partial charge in [0.25, 0.3) is 0 Å². The highest BCUT2D eigenvalue weighted by molar-refractivity contribution is 7.99. The van der Waals surface area contributed by atoms with Crippen molar-refractivity contribution in [3.05, 3.63) is 40.1 Å². The molecule has 0 aliphatic carbocycles. The van der Waals surface area contributed by atoms with Gasteiger partial charge < -0.3 is 4.18 Å². The molecule has 6 nitrogen and oxygen atoms in total. The molecule has 2 heterocycles. The Morgan fingerprint density at radius 3 is 2.59 bits per heavy atom. The lowest BCUT2D eigenvalue weighted by Crippen LogP contribution is -2.26. The van der Waals surface area contributed by atoms with Crippen LogP contribution in [0.4, 0.5) is 0 Å². The van der Waals surface area contributed by atoms with Crippen molar-refractivity contribution in [1.82, 2.24) is 9.78 Å². The number of thioether (sulfide) groups is 1. The average Bonchev–Trinajstić information content (AvgIpc) is 3.05.